The fourth-order valence-corrected chi connectivity index (χ4v) is 8.88. The van der Waals surface area contributed by atoms with E-state index in [0.29, 0.717) is 63.7 Å². The highest BCUT2D eigenvalue weighted by Crippen LogP contribution is 2.42. The third-order valence-electron chi connectivity index (χ3n) is 13.5. The van der Waals surface area contributed by atoms with Crippen LogP contribution in [0.5, 0.6) is 0 Å². The Bertz CT molecular complexity index is 2570. The first-order valence-corrected chi connectivity index (χ1v) is 25.7. The predicted octanol–water partition coefficient (Wildman–Crippen LogP) is 10.1. The molecule has 0 amide bonds. The third kappa shape index (κ3) is 13.2. The number of aromatic nitrogens is 6. The summed E-state index contributed by atoms with van der Waals surface area (Å²) in [5, 5.41) is 44.6. The van der Waals surface area contributed by atoms with E-state index in [1.165, 1.54) is 33.4 Å². The van der Waals surface area contributed by atoms with E-state index in [2.05, 4.69) is 164 Å². The third-order valence-corrected chi connectivity index (χ3v) is 13.5. The molecule has 0 spiro atoms. The van der Waals surface area contributed by atoms with Crippen molar-refractivity contribution in [2.75, 3.05) is 49.2 Å². The van der Waals surface area contributed by atoms with Crippen LogP contribution in [0, 0.1) is 0 Å². The quantitative estimate of drug-likeness (QED) is 0.0681. The van der Waals surface area contributed by atoms with Crippen molar-refractivity contribution in [2.45, 2.75) is 145 Å². The van der Waals surface area contributed by atoms with Crippen molar-refractivity contribution in [1.82, 2.24) is 30.0 Å². The molecule has 6 aromatic rings. The van der Waals surface area contributed by atoms with E-state index >= 15 is 0 Å². The average molecular weight is 975 g/mol. The first-order valence-electron chi connectivity index (χ1n) is 25.7. The molecule has 12 nitrogen and oxygen atoms in total. The van der Waals surface area contributed by atoms with Gasteiger partial charge in [0.2, 0.25) is 0 Å². The van der Waals surface area contributed by atoms with Crippen LogP contribution in [0.2, 0.25) is 0 Å². The Morgan fingerprint density at radius 3 is 1.08 bits per heavy atom. The van der Waals surface area contributed by atoms with Gasteiger partial charge in [-0.05, 0) is 115 Å². The maximum atomic E-state index is 13.5. The second-order valence-corrected chi connectivity index (χ2v) is 23.4. The van der Waals surface area contributed by atoms with Crippen LogP contribution < -0.4 is 20.0 Å². The summed E-state index contributed by atoms with van der Waals surface area (Å²) in [7, 11) is 0. The topological polar surface area (TPSA) is 132 Å². The zero-order valence-corrected chi connectivity index (χ0v) is 45.5. The standard InChI is InChI=1S/C60H80N8O4/c1-15-65(25-27-71-39-49-37-67(63-61-49)35-41-29-45(57(3,4)5)33-46(30-41)58(6,7)8)51-21-17-43(18-22-51)53-55(69)54(56(53)70)44-19-23-52(24-20-44)66(16-2)26-28-72-40-50-38-68(64-62-50)36-42-31-47(59(9,10)11)34-48(32-42)60(12,13)14/h17-24,29-34,37-38,69-70H,15-16,25-28,35-36,39-40H2,1-14H3/p-2. The highest BCUT2D eigenvalue weighted by atomic mass is 16.5. The molecule has 0 radical (unpaired) electrons. The minimum absolute atomic E-state index is 0.0428. The molecule has 0 saturated carbocycles. The van der Waals surface area contributed by atoms with Crippen LogP contribution in [-0.2, 0) is 57.4 Å². The van der Waals surface area contributed by atoms with Crippen molar-refractivity contribution in [3.05, 3.63) is 165 Å². The van der Waals surface area contributed by atoms with Crippen molar-refractivity contribution in [3.63, 3.8) is 0 Å². The zero-order valence-electron chi connectivity index (χ0n) is 45.5. The Balaban J connectivity index is 0.865. The van der Waals surface area contributed by atoms with Gasteiger partial charge in [0.25, 0.3) is 0 Å². The first-order chi connectivity index (χ1) is 33.9. The molecule has 0 bridgehead atoms. The fraction of sp³-hybridized carbons (Fsp3) is 0.467. The van der Waals surface area contributed by atoms with Crippen LogP contribution in [0.1, 0.15) is 153 Å². The Morgan fingerprint density at radius 1 is 0.472 bits per heavy atom. The highest BCUT2D eigenvalue weighted by molar-refractivity contribution is 6.05. The van der Waals surface area contributed by atoms with E-state index in [1.807, 2.05) is 70.3 Å². The summed E-state index contributed by atoms with van der Waals surface area (Å²) in [5.74, 6) is -0.450. The second kappa shape index (κ2) is 21.9. The van der Waals surface area contributed by atoms with Gasteiger partial charge in [0.1, 0.15) is 11.4 Å². The molecular formula is C60H78N8O4-2. The van der Waals surface area contributed by atoms with Crippen molar-refractivity contribution in [2.24, 2.45) is 0 Å². The molecule has 1 aliphatic carbocycles. The van der Waals surface area contributed by atoms with E-state index in [4.69, 9.17) is 9.47 Å². The van der Waals surface area contributed by atoms with Gasteiger partial charge in [-0.1, -0.05) is 166 Å². The van der Waals surface area contributed by atoms with Crippen LogP contribution in [0.25, 0.3) is 11.1 Å². The minimum Gasteiger partial charge on any atom is -0.872 e. The van der Waals surface area contributed by atoms with E-state index in [-0.39, 0.29) is 44.3 Å². The van der Waals surface area contributed by atoms with Crippen molar-refractivity contribution >= 4 is 22.5 Å². The molecule has 0 fully saturated rings. The van der Waals surface area contributed by atoms with Gasteiger partial charge in [0.05, 0.1) is 51.9 Å². The molecule has 384 valence electrons. The number of likely N-dealkylation sites (N-methyl/N-ethyl adjacent to an activating group) is 2. The second-order valence-electron chi connectivity index (χ2n) is 23.4. The summed E-state index contributed by atoms with van der Waals surface area (Å²) in [5.41, 5.74) is 13.1. The minimum atomic E-state index is -0.225. The van der Waals surface area contributed by atoms with Crippen LogP contribution in [0.3, 0.4) is 0 Å². The molecule has 0 unspecified atom stereocenters. The van der Waals surface area contributed by atoms with Crippen LogP contribution in [-0.4, -0.2) is 69.4 Å². The van der Waals surface area contributed by atoms with Gasteiger partial charge in [-0.2, -0.15) is 0 Å². The molecule has 0 N–H and O–H groups in total. The largest absolute Gasteiger partial charge is 0.872 e. The lowest BCUT2D eigenvalue weighted by molar-refractivity contribution is -0.316. The highest BCUT2D eigenvalue weighted by Gasteiger charge is 2.24. The Morgan fingerprint density at radius 2 is 0.792 bits per heavy atom. The molecule has 4 aromatic carbocycles. The lowest BCUT2D eigenvalue weighted by Crippen LogP contribution is -2.28. The molecule has 1 aliphatic rings. The molecule has 7 rings (SSSR count). The van der Waals surface area contributed by atoms with Gasteiger partial charge in [-0.3, -0.25) is 0 Å². The molecular weight excluding hydrogens is 897 g/mol. The monoisotopic (exact) mass is 975 g/mol. The number of rotatable bonds is 20. The molecule has 0 atom stereocenters. The summed E-state index contributed by atoms with van der Waals surface area (Å²) in [4.78, 5) is 4.41. The number of hydrogen-bond donors (Lipinski definition) is 0. The number of nitrogens with zero attached hydrogens (tertiary/aromatic N) is 8. The zero-order chi connectivity index (χ0) is 52.2. The summed E-state index contributed by atoms with van der Waals surface area (Å²) in [6, 6.07) is 29.1. The van der Waals surface area contributed by atoms with Gasteiger partial charge < -0.3 is 29.5 Å². The summed E-state index contributed by atoms with van der Waals surface area (Å²) >= 11 is 0. The van der Waals surface area contributed by atoms with Crippen molar-refractivity contribution < 1.29 is 19.7 Å². The van der Waals surface area contributed by atoms with Crippen molar-refractivity contribution in [3.8, 4) is 0 Å². The Hall–Kier alpha value is -6.24. The molecule has 0 aliphatic heterocycles. The summed E-state index contributed by atoms with van der Waals surface area (Å²) < 4.78 is 15.9. The molecule has 0 saturated heterocycles. The first kappa shape index (κ1) is 53.6. The number of hydrogen-bond acceptors (Lipinski definition) is 10. The Labute approximate surface area is 429 Å². The maximum Gasteiger partial charge on any atom is 0.108 e. The molecule has 12 heteroatoms. The summed E-state index contributed by atoms with van der Waals surface area (Å²) in [6.45, 7) is 37.1. The number of benzene rings is 4. The molecule has 2 aromatic heterocycles. The number of anilines is 2. The van der Waals surface area contributed by atoms with Gasteiger partial charge in [-0.15, -0.1) is 10.2 Å². The van der Waals surface area contributed by atoms with Gasteiger partial charge >= 0.3 is 0 Å². The van der Waals surface area contributed by atoms with Crippen LogP contribution >= 0.6 is 0 Å². The predicted molar refractivity (Wildman–Crippen MR) is 288 cm³/mol. The SMILES string of the molecule is CCN(CCOCc1cn(Cc2cc(C(C)(C)C)cc(C(C)(C)C)c2)nn1)c1ccc(C2=C([O-])C(c3ccc(N(CC)CCOCc4cn(Cc5cc(C(C)(C)C)cc(C(C)(C)C)c5)nn4)cc3)=C2[O-])cc1. The Kier molecular flexibility index (Phi) is 16.3. The van der Waals surface area contributed by atoms with Crippen molar-refractivity contribution in [1.29, 1.82) is 0 Å². The molecule has 2 heterocycles. The fourth-order valence-electron chi connectivity index (χ4n) is 8.88. The lowest BCUT2D eigenvalue weighted by atomic mass is 9.79. The van der Waals surface area contributed by atoms with Gasteiger partial charge in [0.15, 0.2) is 0 Å². The maximum absolute atomic E-state index is 13.5. The normalized spacial score (nSPS) is 13.5. The van der Waals surface area contributed by atoms with E-state index in [9.17, 15) is 10.2 Å². The van der Waals surface area contributed by atoms with E-state index in [0.717, 1.165) is 35.9 Å². The van der Waals surface area contributed by atoms with Crippen LogP contribution in [0.15, 0.2) is 109 Å². The van der Waals surface area contributed by atoms with Gasteiger partial charge in [0, 0.05) is 37.6 Å². The molecule has 72 heavy (non-hydrogen) atoms. The number of allylic oxidation sites excluding steroid dienone is 2. The average Bonchev–Trinajstić information content (AvgIpc) is 3.97. The van der Waals surface area contributed by atoms with Gasteiger partial charge in [-0.25, -0.2) is 9.36 Å². The smallest absolute Gasteiger partial charge is 0.108 e. The summed E-state index contributed by atoms with van der Waals surface area (Å²) in [6.07, 6.45) is 3.92. The number of ether oxygens (including phenoxy) is 2. The van der Waals surface area contributed by atoms with E-state index < -0.39 is 0 Å². The van der Waals surface area contributed by atoms with E-state index in [1.54, 1.807) is 0 Å². The van der Waals surface area contributed by atoms with Crippen LogP contribution in [0.4, 0.5) is 11.4 Å². The lowest BCUT2D eigenvalue weighted by Gasteiger charge is -2.40.